The van der Waals surface area contributed by atoms with E-state index in [-0.39, 0.29) is 17.5 Å². The van der Waals surface area contributed by atoms with Crippen molar-refractivity contribution in [1.82, 2.24) is 0 Å². The molecule has 0 aliphatic heterocycles. The van der Waals surface area contributed by atoms with E-state index in [0.29, 0.717) is 29.9 Å². The Morgan fingerprint density at radius 2 is 2.05 bits per heavy atom. The van der Waals surface area contributed by atoms with Crippen molar-refractivity contribution in [1.29, 1.82) is 0 Å². The molecule has 102 valence electrons. The SMILES string of the molecule is COc1cccc(C(=O)C2CCCC(=O)C2)c1OC. The third-order valence-corrected chi connectivity index (χ3v) is 3.52. The van der Waals surface area contributed by atoms with Gasteiger partial charge >= 0.3 is 0 Å². The number of rotatable bonds is 4. The monoisotopic (exact) mass is 262 g/mol. The number of hydrogen-bond acceptors (Lipinski definition) is 4. The van der Waals surface area contributed by atoms with Crippen LogP contribution >= 0.6 is 0 Å². The van der Waals surface area contributed by atoms with Gasteiger partial charge in [0.25, 0.3) is 0 Å². The predicted octanol–water partition coefficient (Wildman–Crippen LogP) is 2.65. The molecule has 4 nitrogen and oxygen atoms in total. The van der Waals surface area contributed by atoms with Gasteiger partial charge in [0.05, 0.1) is 19.8 Å². The molecule has 0 bridgehead atoms. The van der Waals surface area contributed by atoms with Crippen molar-refractivity contribution < 1.29 is 19.1 Å². The summed E-state index contributed by atoms with van der Waals surface area (Å²) in [4.78, 5) is 24.0. The van der Waals surface area contributed by atoms with Gasteiger partial charge in [0.1, 0.15) is 5.78 Å². The summed E-state index contributed by atoms with van der Waals surface area (Å²) in [6.45, 7) is 0. The summed E-state index contributed by atoms with van der Waals surface area (Å²) >= 11 is 0. The van der Waals surface area contributed by atoms with Crippen LogP contribution < -0.4 is 9.47 Å². The fourth-order valence-electron chi connectivity index (χ4n) is 2.55. The van der Waals surface area contributed by atoms with Crippen LogP contribution in [0.15, 0.2) is 18.2 Å². The molecule has 1 atom stereocenters. The quantitative estimate of drug-likeness (QED) is 0.783. The molecular weight excluding hydrogens is 244 g/mol. The zero-order valence-electron chi connectivity index (χ0n) is 11.3. The van der Waals surface area contributed by atoms with Crippen molar-refractivity contribution in [3.05, 3.63) is 23.8 Å². The highest BCUT2D eigenvalue weighted by Gasteiger charge is 2.29. The lowest BCUT2D eigenvalue weighted by molar-refractivity contribution is -0.121. The first-order valence-electron chi connectivity index (χ1n) is 6.44. The third kappa shape index (κ3) is 2.78. The molecule has 1 saturated carbocycles. The Balaban J connectivity index is 2.30. The Morgan fingerprint density at radius 3 is 2.68 bits per heavy atom. The van der Waals surface area contributed by atoms with Crippen LogP contribution in [0.5, 0.6) is 11.5 Å². The number of para-hydroxylation sites is 1. The number of carbonyl (C=O) groups is 2. The summed E-state index contributed by atoms with van der Waals surface area (Å²) < 4.78 is 10.5. The third-order valence-electron chi connectivity index (χ3n) is 3.52. The minimum Gasteiger partial charge on any atom is -0.493 e. The number of methoxy groups -OCH3 is 2. The second-order valence-electron chi connectivity index (χ2n) is 4.74. The molecular formula is C15H18O4. The van der Waals surface area contributed by atoms with Crippen LogP contribution in [-0.4, -0.2) is 25.8 Å². The fourth-order valence-corrected chi connectivity index (χ4v) is 2.55. The minimum absolute atomic E-state index is 0.0243. The summed E-state index contributed by atoms with van der Waals surface area (Å²) in [6, 6.07) is 5.24. The lowest BCUT2D eigenvalue weighted by Gasteiger charge is -2.21. The number of ketones is 2. The maximum absolute atomic E-state index is 12.5. The lowest BCUT2D eigenvalue weighted by atomic mass is 9.83. The molecule has 1 aliphatic rings. The normalized spacial score (nSPS) is 19.1. The molecule has 0 aromatic heterocycles. The number of ether oxygens (including phenoxy) is 2. The smallest absolute Gasteiger partial charge is 0.171 e. The Labute approximate surface area is 112 Å². The molecule has 19 heavy (non-hydrogen) atoms. The molecule has 1 unspecified atom stereocenters. The minimum atomic E-state index is -0.220. The van der Waals surface area contributed by atoms with Crippen molar-refractivity contribution in [2.75, 3.05) is 14.2 Å². The van der Waals surface area contributed by atoms with Gasteiger partial charge in [-0.1, -0.05) is 6.07 Å². The van der Waals surface area contributed by atoms with Crippen LogP contribution in [0.4, 0.5) is 0 Å². The van der Waals surface area contributed by atoms with E-state index in [9.17, 15) is 9.59 Å². The summed E-state index contributed by atoms with van der Waals surface area (Å²) in [5.41, 5.74) is 0.501. The van der Waals surface area contributed by atoms with Gasteiger partial charge in [0, 0.05) is 18.8 Å². The van der Waals surface area contributed by atoms with E-state index in [1.54, 1.807) is 18.2 Å². The van der Waals surface area contributed by atoms with Gasteiger partial charge in [-0.3, -0.25) is 9.59 Å². The van der Waals surface area contributed by atoms with E-state index >= 15 is 0 Å². The van der Waals surface area contributed by atoms with E-state index in [0.717, 1.165) is 12.8 Å². The van der Waals surface area contributed by atoms with Crippen molar-refractivity contribution in [3.8, 4) is 11.5 Å². The molecule has 0 N–H and O–H groups in total. The Bertz CT molecular complexity index is 493. The summed E-state index contributed by atoms with van der Waals surface area (Å²) in [6.07, 6.45) is 2.50. The van der Waals surface area contributed by atoms with E-state index in [4.69, 9.17) is 9.47 Å². The van der Waals surface area contributed by atoms with Crippen LogP contribution in [0.2, 0.25) is 0 Å². The molecule has 0 heterocycles. The van der Waals surface area contributed by atoms with Crippen molar-refractivity contribution in [2.24, 2.45) is 5.92 Å². The topological polar surface area (TPSA) is 52.6 Å². The average Bonchev–Trinajstić information content (AvgIpc) is 2.45. The highest BCUT2D eigenvalue weighted by molar-refractivity contribution is 6.03. The molecule has 1 aromatic rings. The highest BCUT2D eigenvalue weighted by atomic mass is 16.5. The van der Waals surface area contributed by atoms with Crippen LogP contribution in [0.3, 0.4) is 0 Å². The maximum Gasteiger partial charge on any atom is 0.171 e. The first kappa shape index (κ1) is 13.6. The zero-order valence-corrected chi connectivity index (χ0v) is 11.3. The average molecular weight is 262 g/mol. The Morgan fingerprint density at radius 1 is 1.26 bits per heavy atom. The molecule has 0 amide bonds. The Hall–Kier alpha value is -1.84. The molecule has 0 spiro atoms. The first-order valence-corrected chi connectivity index (χ1v) is 6.44. The van der Waals surface area contributed by atoms with Gasteiger partial charge in [-0.25, -0.2) is 0 Å². The van der Waals surface area contributed by atoms with E-state index in [1.165, 1.54) is 14.2 Å². The number of Topliss-reactive ketones (excluding diaryl/α,β-unsaturated/α-hetero) is 2. The van der Waals surface area contributed by atoms with Crippen LogP contribution in [0.1, 0.15) is 36.0 Å². The first-order chi connectivity index (χ1) is 9.17. The molecule has 1 aromatic carbocycles. The van der Waals surface area contributed by atoms with Crippen molar-refractivity contribution >= 4 is 11.6 Å². The summed E-state index contributed by atoms with van der Waals surface area (Å²) in [7, 11) is 3.05. The number of benzene rings is 1. The largest absolute Gasteiger partial charge is 0.493 e. The van der Waals surface area contributed by atoms with Crippen molar-refractivity contribution in [2.45, 2.75) is 25.7 Å². The number of carbonyl (C=O) groups excluding carboxylic acids is 2. The summed E-state index contributed by atoms with van der Waals surface area (Å²) in [5, 5.41) is 0. The van der Waals surface area contributed by atoms with Gasteiger partial charge in [-0.15, -0.1) is 0 Å². The van der Waals surface area contributed by atoms with Gasteiger partial charge in [-0.05, 0) is 25.0 Å². The molecule has 4 heteroatoms. The van der Waals surface area contributed by atoms with Crippen LogP contribution in [0.25, 0.3) is 0 Å². The fraction of sp³-hybridized carbons (Fsp3) is 0.467. The van der Waals surface area contributed by atoms with E-state index in [1.807, 2.05) is 0 Å². The second-order valence-corrected chi connectivity index (χ2v) is 4.74. The van der Waals surface area contributed by atoms with Gasteiger partial charge < -0.3 is 9.47 Å². The van der Waals surface area contributed by atoms with E-state index < -0.39 is 0 Å². The van der Waals surface area contributed by atoms with Crippen LogP contribution in [0, 0.1) is 5.92 Å². The van der Waals surface area contributed by atoms with Crippen molar-refractivity contribution in [3.63, 3.8) is 0 Å². The van der Waals surface area contributed by atoms with Gasteiger partial charge in [0.15, 0.2) is 17.3 Å². The molecule has 2 rings (SSSR count). The standard InChI is InChI=1S/C15H18O4/c1-18-13-8-4-7-12(15(13)19-2)14(17)10-5-3-6-11(16)9-10/h4,7-8,10H,3,5-6,9H2,1-2H3. The molecule has 0 saturated heterocycles. The van der Waals surface area contributed by atoms with Gasteiger partial charge in [0.2, 0.25) is 0 Å². The lowest BCUT2D eigenvalue weighted by Crippen LogP contribution is -2.23. The molecule has 0 radical (unpaired) electrons. The molecule has 1 fully saturated rings. The van der Waals surface area contributed by atoms with E-state index in [2.05, 4.69) is 0 Å². The highest BCUT2D eigenvalue weighted by Crippen LogP contribution is 2.34. The number of hydrogen-bond donors (Lipinski definition) is 0. The molecule has 1 aliphatic carbocycles. The second kappa shape index (κ2) is 5.87. The van der Waals surface area contributed by atoms with Gasteiger partial charge in [-0.2, -0.15) is 0 Å². The Kier molecular flexibility index (Phi) is 4.20. The predicted molar refractivity (Wildman–Crippen MR) is 70.8 cm³/mol. The maximum atomic E-state index is 12.5. The zero-order chi connectivity index (χ0) is 13.8. The summed E-state index contributed by atoms with van der Waals surface area (Å²) in [5.74, 6) is 0.918. The van der Waals surface area contributed by atoms with Crippen LogP contribution in [-0.2, 0) is 4.79 Å².